The molecule has 0 spiro atoms. The number of ether oxygens (including phenoxy) is 2. The highest BCUT2D eigenvalue weighted by atomic mass is 16.6. The van der Waals surface area contributed by atoms with Gasteiger partial charge in [-0.2, -0.15) is 0 Å². The predicted molar refractivity (Wildman–Crippen MR) is 132 cm³/mol. The quantitative estimate of drug-likeness (QED) is 0.619. The molecule has 0 aliphatic carbocycles. The standard InChI is InChI=1S/C26H34N4O6/c1-25(2,3)21(29-24(34)36-26(4,5)6)22(31)30-15-19(12-20(30)23(32)33)35-18-11-17(13-28-14-18)16-7-9-27-10-8-16/h7-11,13-14,19-21H,12,15H2,1-6H3,(H,29,34)(H,32,33). The van der Waals surface area contributed by atoms with Gasteiger partial charge in [-0.05, 0) is 49.9 Å². The van der Waals surface area contributed by atoms with E-state index in [-0.39, 0.29) is 13.0 Å². The van der Waals surface area contributed by atoms with Crippen molar-refractivity contribution in [3.8, 4) is 16.9 Å². The summed E-state index contributed by atoms with van der Waals surface area (Å²) in [7, 11) is 0. The molecule has 1 aliphatic rings. The van der Waals surface area contributed by atoms with Crippen LogP contribution in [0.25, 0.3) is 11.1 Å². The molecule has 0 radical (unpaired) electrons. The second kappa shape index (κ2) is 10.5. The minimum absolute atomic E-state index is 0.0534. The van der Waals surface area contributed by atoms with Gasteiger partial charge in [-0.25, -0.2) is 9.59 Å². The van der Waals surface area contributed by atoms with Crippen molar-refractivity contribution in [2.75, 3.05) is 6.54 Å². The number of nitrogens with one attached hydrogen (secondary N) is 1. The molecule has 2 aromatic rings. The Morgan fingerprint density at radius 3 is 2.31 bits per heavy atom. The number of carboxylic acid groups (broad SMARTS) is 1. The molecule has 194 valence electrons. The number of hydrogen-bond donors (Lipinski definition) is 2. The Balaban J connectivity index is 1.78. The summed E-state index contributed by atoms with van der Waals surface area (Å²) >= 11 is 0. The van der Waals surface area contributed by atoms with Crippen LogP contribution in [-0.4, -0.2) is 68.3 Å². The smallest absolute Gasteiger partial charge is 0.408 e. The van der Waals surface area contributed by atoms with Crippen LogP contribution >= 0.6 is 0 Å². The third-order valence-corrected chi connectivity index (χ3v) is 5.63. The first kappa shape index (κ1) is 26.9. The Hall–Kier alpha value is -3.69. The van der Waals surface area contributed by atoms with Crippen LogP contribution < -0.4 is 10.1 Å². The average Bonchev–Trinajstić information content (AvgIpc) is 3.20. The van der Waals surface area contributed by atoms with Gasteiger partial charge in [-0.15, -0.1) is 0 Å². The fourth-order valence-electron chi connectivity index (χ4n) is 3.98. The maximum absolute atomic E-state index is 13.6. The van der Waals surface area contributed by atoms with Crippen LogP contribution in [0.15, 0.2) is 43.0 Å². The van der Waals surface area contributed by atoms with Gasteiger partial charge in [0.2, 0.25) is 5.91 Å². The number of alkyl carbamates (subject to hydrolysis) is 1. The van der Waals surface area contributed by atoms with Gasteiger partial charge >= 0.3 is 12.1 Å². The summed E-state index contributed by atoms with van der Waals surface area (Å²) in [6, 6.07) is 3.42. The number of hydrogen-bond acceptors (Lipinski definition) is 7. The van der Waals surface area contributed by atoms with E-state index in [2.05, 4.69) is 15.3 Å². The summed E-state index contributed by atoms with van der Waals surface area (Å²) < 4.78 is 11.4. The molecule has 2 aromatic heterocycles. The zero-order valence-corrected chi connectivity index (χ0v) is 21.5. The lowest BCUT2D eigenvalue weighted by Gasteiger charge is -2.35. The highest BCUT2D eigenvalue weighted by molar-refractivity contribution is 5.90. The molecule has 2 amide bonds. The SMILES string of the molecule is CC(C)(C)OC(=O)NC(C(=O)N1CC(Oc2cncc(-c3ccncc3)c2)CC1C(=O)O)C(C)(C)C. The number of rotatable bonds is 6. The molecule has 1 aliphatic heterocycles. The minimum atomic E-state index is -1.14. The largest absolute Gasteiger partial charge is 0.487 e. The van der Waals surface area contributed by atoms with Crippen molar-refractivity contribution in [2.45, 2.75) is 71.8 Å². The molecular weight excluding hydrogens is 464 g/mol. The maximum atomic E-state index is 13.6. The summed E-state index contributed by atoms with van der Waals surface area (Å²) in [5.74, 6) is -1.18. The first-order valence-electron chi connectivity index (χ1n) is 11.8. The summed E-state index contributed by atoms with van der Waals surface area (Å²) in [5, 5.41) is 12.5. The highest BCUT2D eigenvalue weighted by Crippen LogP contribution is 2.29. The number of aliphatic carboxylic acids is 1. The Morgan fingerprint density at radius 1 is 1.06 bits per heavy atom. The third-order valence-electron chi connectivity index (χ3n) is 5.63. The van der Waals surface area contributed by atoms with E-state index in [1.54, 1.807) is 66.3 Å². The number of amides is 2. The van der Waals surface area contributed by atoms with E-state index >= 15 is 0 Å². The molecule has 3 rings (SSSR count). The van der Waals surface area contributed by atoms with Gasteiger partial charge in [0, 0.05) is 30.6 Å². The van der Waals surface area contributed by atoms with Gasteiger partial charge in [0.05, 0.1) is 12.7 Å². The van der Waals surface area contributed by atoms with Crippen molar-refractivity contribution in [3.05, 3.63) is 43.0 Å². The van der Waals surface area contributed by atoms with E-state index < -0.39 is 47.2 Å². The summed E-state index contributed by atoms with van der Waals surface area (Å²) in [5.41, 5.74) is 0.296. The molecule has 10 nitrogen and oxygen atoms in total. The minimum Gasteiger partial charge on any atom is -0.487 e. The molecule has 0 aromatic carbocycles. The zero-order valence-electron chi connectivity index (χ0n) is 21.5. The molecule has 3 unspecified atom stereocenters. The van der Waals surface area contributed by atoms with Crippen LogP contribution in [0.1, 0.15) is 48.0 Å². The van der Waals surface area contributed by atoms with Crippen LogP contribution in [0, 0.1) is 5.41 Å². The van der Waals surface area contributed by atoms with Crippen molar-refractivity contribution >= 4 is 18.0 Å². The molecule has 2 N–H and O–H groups in total. The molecule has 1 fully saturated rings. The first-order valence-corrected chi connectivity index (χ1v) is 11.8. The second-order valence-corrected chi connectivity index (χ2v) is 10.9. The zero-order chi connectivity index (χ0) is 26.7. The van der Waals surface area contributed by atoms with Crippen molar-refractivity contribution < 1.29 is 29.0 Å². The summed E-state index contributed by atoms with van der Waals surface area (Å²) in [6.07, 6.45) is 5.40. The highest BCUT2D eigenvalue weighted by Gasteiger charge is 2.46. The monoisotopic (exact) mass is 498 g/mol. The molecule has 36 heavy (non-hydrogen) atoms. The number of carbonyl (C=O) groups is 3. The Bertz CT molecular complexity index is 1090. The van der Waals surface area contributed by atoms with E-state index in [0.29, 0.717) is 5.75 Å². The normalized spacial score (nSPS) is 18.9. The lowest BCUT2D eigenvalue weighted by molar-refractivity contribution is -0.150. The Kier molecular flexibility index (Phi) is 7.86. The molecule has 1 saturated heterocycles. The number of aromatic nitrogens is 2. The maximum Gasteiger partial charge on any atom is 0.408 e. The Morgan fingerprint density at radius 2 is 1.72 bits per heavy atom. The topological polar surface area (TPSA) is 131 Å². The van der Waals surface area contributed by atoms with Gasteiger partial charge in [0.15, 0.2) is 0 Å². The van der Waals surface area contributed by atoms with Crippen molar-refractivity contribution in [3.63, 3.8) is 0 Å². The average molecular weight is 499 g/mol. The third kappa shape index (κ3) is 6.93. The summed E-state index contributed by atoms with van der Waals surface area (Å²) in [6.45, 7) is 10.6. The fourth-order valence-corrected chi connectivity index (χ4v) is 3.98. The van der Waals surface area contributed by atoms with Crippen LogP contribution in [0.4, 0.5) is 4.79 Å². The lowest BCUT2D eigenvalue weighted by Crippen LogP contribution is -2.57. The van der Waals surface area contributed by atoms with Gasteiger partial charge < -0.3 is 24.8 Å². The molecule has 3 heterocycles. The first-order chi connectivity index (χ1) is 16.7. The van der Waals surface area contributed by atoms with Crippen LogP contribution in [0.5, 0.6) is 5.75 Å². The van der Waals surface area contributed by atoms with Gasteiger partial charge in [-0.1, -0.05) is 20.8 Å². The van der Waals surface area contributed by atoms with Gasteiger partial charge in [0.25, 0.3) is 0 Å². The molecule has 10 heteroatoms. The van der Waals surface area contributed by atoms with E-state index in [4.69, 9.17) is 9.47 Å². The van der Waals surface area contributed by atoms with Gasteiger partial charge in [-0.3, -0.25) is 14.8 Å². The number of carbonyl (C=O) groups excluding carboxylic acids is 2. The number of carboxylic acids is 1. The van der Waals surface area contributed by atoms with Gasteiger partial charge in [0.1, 0.15) is 29.5 Å². The molecular formula is C26H34N4O6. The van der Waals surface area contributed by atoms with E-state index in [9.17, 15) is 19.5 Å². The van der Waals surface area contributed by atoms with Crippen molar-refractivity contribution in [1.82, 2.24) is 20.2 Å². The van der Waals surface area contributed by atoms with Crippen molar-refractivity contribution in [1.29, 1.82) is 0 Å². The predicted octanol–water partition coefficient (Wildman–Crippen LogP) is 3.52. The molecule has 3 atom stereocenters. The van der Waals surface area contributed by atoms with Crippen LogP contribution in [-0.2, 0) is 14.3 Å². The number of likely N-dealkylation sites (tertiary alicyclic amines) is 1. The van der Waals surface area contributed by atoms with E-state index in [1.807, 2.05) is 18.2 Å². The number of nitrogens with zero attached hydrogens (tertiary/aromatic N) is 3. The molecule has 0 bridgehead atoms. The fraction of sp³-hybridized carbons (Fsp3) is 0.500. The second-order valence-electron chi connectivity index (χ2n) is 10.9. The Labute approximate surface area is 211 Å². The number of pyridine rings is 2. The van der Waals surface area contributed by atoms with Crippen molar-refractivity contribution in [2.24, 2.45) is 5.41 Å². The van der Waals surface area contributed by atoms with E-state index in [1.165, 1.54) is 4.90 Å². The van der Waals surface area contributed by atoms with E-state index in [0.717, 1.165) is 11.1 Å². The lowest BCUT2D eigenvalue weighted by atomic mass is 9.85. The summed E-state index contributed by atoms with van der Waals surface area (Å²) in [4.78, 5) is 47.6. The van der Waals surface area contributed by atoms with Crippen LogP contribution in [0.3, 0.4) is 0 Å². The molecule has 0 saturated carbocycles. The van der Waals surface area contributed by atoms with Crippen LogP contribution in [0.2, 0.25) is 0 Å².